The fourth-order valence-corrected chi connectivity index (χ4v) is 5.13. The van der Waals surface area contributed by atoms with Crippen LogP contribution in [-0.4, -0.2) is 38.6 Å². The number of para-hydroxylation sites is 2. The summed E-state index contributed by atoms with van der Waals surface area (Å²) in [4.78, 5) is 29.5. The molecule has 2 N–H and O–H groups in total. The van der Waals surface area contributed by atoms with Gasteiger partial charge in [-0.3, -0.25) is 9.59 Å². The van der Waals surface area contributed by atoms with Crippen LogP contribution in [0.4, 0.5) is 0 Å². The molecule has 0 radical (unpaired) electrons. The van der Waals surface area contributed by atoms with Gasteiger partial charge in [0, 0.05) is 38.4 Å². The Balaban J connectivity index is 1.29. The minimum Gasteiger partial charge on any atom is -0.418 e. The number of fused-ring (bicyclic) bond motifs is 2. The summed E-state index contributed by atoms with van der Waals surface area (Å²) in [7, 11) is 1.65. The summed E-state index contributed by atoms with van der Waals surface area (Å²) >= 11 is 0. The van der Waals surface area contributed by atoms with Gasteiger partial charge in [-0.1, -0.05) is 62.2 Å². The molecule has 0 bridgehead atoms. The molecule has 212 valence electrons. The lowest BCUT2D eigenvalue weighted by Crippen LogP contribution is -2.29. The van der Waals surface area contributed by atoms with Crippen molar-refractivity contribution in [2.75, 3.05) is 7.05 Å². The highest BCUT2D eigenvalue weighted by atomic mass is 16.4. The number of aryl methyl sites for hydroxylation is 2. The molecule has 3 aromatic carbocycles. The molecule has 0 saturated carbocycles. The highest BCUT2D eigenvalue weighted by Gasteiger charge is 2.22. The number of aromatic nitrogens is 4. The van der Waals surface area contributed by atoms with Crippen LogP contribution in [0, 0.1) is 0 Å². The molecule has 2 heterocycles. The molecule has 9 heteroatoms. The highest BCUT2D eigenvalue weighted by molar-refractivity contribution is 5.86. The van der Waals surface area contributed by atoms with E-state index >= 15 is 0 Å². The summed E-state index contributed by atoms with van der Waals surface area (Å²) in [6.07, 6.45) is 4.64. The maximum Gasteiger partial charge on any atom is 0.247 e. The van der Waals surface area contributed by atoms with Crippen LogP contribution in [0.15, 0.2) is 71.1 Å². The van der Waals surface area contributed by atoms with Crippen molar-refractivity contribution in [3.63, 3.8) is 0 Å². The van der Waals surface area contributed by atoms with E-state index in [0.29, 0.717) is 37.6 Å². The van der Waals surface area contributed by atoms with Gasteiger partial charge in [0.25, 0.3) is 0 Å². The molecule has 0 spiro atoms. The van der Waals surface area contributed by atoms with Gasteiger partial charge in [-0.25, -0.2) is 4.98 Å². The third-order valence-corrected chi connectivity index (χ3v) is 7.36. The maximum atomic E-state index is 13.2. The van der Waals surface area contributed by atoms with Crippen molar-refractivity contribution in [3.8, 4) is 11.5 Å². The Morgan fingerprint density at radius 3 is 2.54 bits per heavy atom. The van der Waals surface area contributed by atoms with Gasteiger partial charge in [0.1, 0.15) is 11.9 Å². The Morgan fingerprint density at radius 2 is 1.71 bits per heavy atom. The van der Waals surface area contributed by atoms with E-state index in [-0.39, 0.29) is 11.8 Å². The topological polar surface area (TPSA) is 115 Å². The van der Waals surface area contributed by atoms with Gasteiger partial charge in [-0.05, 0) is 47.9 Å². The monoisotopic (exact) mass is 552 g/mol. The first kappa shape index (κ1) is 28.0. The van der Waals surface area contributed by atoms with E-state index in [0.717, 1.165) is 58.9 Å². The summed E-state index contributed by atoms with van der Waals surface area (Å²) in [5.41, 5.74) is 2.80. The number of hydrogen-bond acceptors (Lipinski definition) is 6. The molecule has 0 aliphatic heterocycles. The lowest BCUT2D eigenvalue weighted by molar-refractivity contribution is -0.122. The molecule has 5 aromatic rings. The maximum absolute atomic E-state index is 13.2. The first-order valence-electron chi connectivity index (χ1n) is 14.3. The average molecular weight is 553 g/mol. The van der Waals surface area contributed by atoms with Crippen molar-refractivity contribution < 1.29 is 14.0 Å². The van der Waals surface area contributed by atoms with E-state index in [2.05, 4.69) is 38.4 Å². The number of benzene rings is 3. The summed E-state index contributed by atoms with van der Waals surface area (Å²) in [5.74, 6) is 1.71. The van der Waals surface area contributed by atoms with Gasteiger partial charge in [0.15, 0.2) is 0 Å². The summed E-state index contributed by atoms with van der Waals surface area (Å²) in [6.45, 7) is 2.60. The van der Waals surface area contributed by atoms with Crippen LogP contribution in [-0.2, 0) is 22.6 Å². The molecule has 1 atom stereocenters. The van der Waals surface area contributed by atoms with Crippen LogP contribution in [0.3, 0.4) is 0 Å². The molecule has 9 nitrogen and oxygen atoms in total. The molecule has 2 aromatic heterocycles. The Labute approximate surface area is 239 Å². The van der Waals surface area contributed by atoms with Crippen molar-refractivity contribution >= 4 is 33.6 Å². The number of carbonyl (C=O) groups is 2. The smallest absolute Gasteiger partial charge is 0.247 e. The highest BCUT2D eigenvalue weighted by Crippen LogP contribution is 2.27. The predicted molar refractivity (Wildman–Crippen MR) is 159 cm³/mol. The minimum atomic E-state index is -0.422. The van der Waals surface area contributed by atoms with Gasteiger partial charge in [0.05, 0.1) is 11.0 Å². The van der Waals surface area contributed by atoms with Crippen LogP contribution in [0.5, 0.6) is 0 Å². The molecule has 0 fully saturated rings. The average Bonchev–Trinajstić information content (AvgIpc) is 3.64. The fraction of sp³-hybridized carbons (Fsp3) is 0.344. The SMILES string of the molecule is CCc1nc2ccccc2n1CCC(=O)NC(CCCCCC(=O)NC)c1nnc(-c2ccc3ccccc3c2)o1. The Kier molecular flexibility index (Phi) is 9.03. The van der Waals surface area contributed by atoms with Crippen molar-refractivity contribution in [1.29, 1.82) is 0 Å². The van der Waals surface area contributed by atoms with E-state index in [4.69, 9.17) is 9.40 Å². The molecular weight excluding hydrogens is 516 g/mol. The van der Waals surface area contributed by atoms with E-state index in [1.165, 1.54) is 0 Å². The summed E-state index contributed by atoms with van der Waals surface area (Å²) in [5, 5.41) is 16.7. The van der Waals surface area contributed by atoms with E-state index < -0.39 is 6.04 Å². The van der Waals surface area contributed by atoms with Crippen LogP contribution in [0.1, 0.15) is 63.2 Å². The summed E-state index contributed by atoms with van der Waals surface area (Å²) in [6, 6.07) is 21.7. The molecule has 41 heavy (non-hydrogen) atoms. The van der Waals surface area contributed by atoms with Gasteiger partial charge in [-0.2, -0.15) is 0 Å². The molecular formula is C32H36N6O3. The van der Waals surface area contributed by atoms with Crippen LogP contribution in [0.2, 0.25) is 0 Å². The van der Waals surface area contributed by atoms with Crippen LogP contribution >= 0.6 is 0 Å². The lowest BCUT2D eigenvalue weighted by atomic mass is 10.1. The minimum absolute atomic E-state index is 0.0326. The zero-order valence-corrected chi connectivity index (χ0v) is 23.6. The Bertz CT molecular complexity index is 1640. The quantitative estimate of drug-likeness (QED) is 0.180. The third kappa shape index (κ3) is 6.80. The lowest BCUT2D eigenvalue weighted by Gasteiger charge is -2.16. The molecule has 1 unspecified atom stereocenters. The Morgan fingerprint density at radius 1 is 0.902 bits per heavy atom. The second kappa shape index (κ2) is 13.2. The van der Waals surface area contributed by atoms with Crippen molar-refractivity contribution in [2.24, 2.45) is 0 Å². The number of hydrogen-bond donors (Lipinski definition) is 2. The van der Waals surface area contributed by atoms with E-state index in [9.17, 15) is 9.59 Å². The van der Waals surface area contributed by atoms with Gasteiger partial charge >= 0.3 is 0 Å². The first-order valence-corrected chi connectivity index (χ1v) is 14.3. The Hall–Kier alpha value is -4.53. The van der Waals surface area contributed by atoms with Gasteiger partial charge < -0.3 is 19.6 Å². The molecule has 0 saturated heterocycles. The van der Waals surface area contributed by atoms with E-state index in [1.807, 2.05) is 60.7 Å². The molecule has 5 rings (SSSR count). The zero-order chi connectivity index (χ0) is 28.6. The standard InChI is InChI=1S/C32H36N6O3/c1-3-28-34-25-13-9-10-15-27(25)38(28)20-19-30(40)35-26(14-5-4-6-16-29(39)33-2)32-37-36-31(41-32)24-18-17-22-11-7-8-12-23(22)21-24/h7-13,15,17-18,21,26H,3-6,14,16,19-20H2,1-2H3,(H,33,39)(H,35,40). The number of nitrogens with zero attached hydrogens (tertiary/aromatic N) is 4. The normalized spacial score (nSPS) is 12.0. The number of imidazole rings is 1. The van der Waals surface area contributed by atoms with Crippen molar-refractivity contribution in [3.05, 3.63) is 78.4 Å². The number of rotatable bonds is 13. The van der Waals surface area contributed by atoms with E-state index in [1.54, 1.807) is 7.05 Å². The predicted octanol–water partition coefficient (Wildman–Crippen LogP) is 5.75. The van der Waals surface area contributed by atoms with Crippen molar-refractivity contribution in [2.45, 2.75) is 64.5 Å². The number of carbonyl (C=O) groups excluding carboxylic acids is 2. The molecule has 2 amide bonds. The fourth-order valence-electron chi connectivity index (χ4n) is 5.13. The van der Waals surface area contributed by atoms with Crippen molar-refractivity contribution in [1.82, 2.24) is 30.4 Å². The summed E-state index contributed by atoms with van der Waals surface area (Å²) < 4.78 is 8.24. The van der Waals surface area contributed by atoms with Crippen LogP contribution in [0.25, 0.3) is 33.3 Å². The third-order valence-electron chi connectivity index (χ3n) is 7.36. The van der Waals surface area contributed by atoms with Gasteiger partial charge in [-0.15, -0.1) is 10.2 Å². The number of unbranched alkanes of at least 4 members (excludes halogenated alkanes) is 2. The molecule has 0 aliphatic carbocycles. The second-order valence-electron chi connectivity index (χ2n) is 10.2. The largest absolute Gasteiger partial charge is 0.418 e. The van der Waals surface area contributed by atoms with Crippen LogP contribution < -0.4 is 10.6 Å². The number of amides is 2. The molecule has 0 aliphatic rings. The second-order valence-corrected chi connectivity index (χ2v) is 10.2. The zero-order valence-electron chi connectivity index (χ0n) is 23.6. The first-order chi connectivity index (χ1) is 20.1. The van der Waals surface area contributed by atoms with Gasteiger partial charge in [0.2, 0.25) is 23.6 Å². The number of nitrogens with one attached hydrogen (secondary N) is 2.